The maximum atomic E-state index is 13.3. The molecule has 0 spiro atoms. The Morgan fingerprint density at radius 3 is 2.67 bits per heavy atom. The topological polar surface area (TPSA) is 35.5 Å². The molecule has 1 heterocycles. The zero-order chi connectivity index (χ0) is 10.8. The summed E-state index contributed by atoms with van der Waals surface area (Å²) < 4.78 is 23.8. The van der Waals surface area contributed by atoms with Gasteiger partial charge in [-0.25, -0.2) is 4.39 Å². The lowest BCUT2D eigenvalue weighted by atomic mass is 10.1. The number of halogens is 1. The van der Waals surface area contributed by atoms with Crippen LogP contribution in [0.1, 0.15) is 12.5 Å². The Kier molecular flexibility index (Phi) is 2.58. The molecular formula is C11H11FO3. The van der Waals surface area contributed by atoms with E-state index in [1.807, 2.05) is 0 Å². The molecule has 0 saturated carbocycles. The monoisotopic (exact) mass is 210 g/mol. The van der Waals surface area contributed by atoms with E-state index in [-0.39, 0.29) is 18.0 Å². The van der Waals surface area contributed by atoms with Gasteiger partial charge in [-0.3, -0.25) is 4.79 Å². The summed E-state index contributed by atoms with van der Waals surface area (Å²) in [5.41, 5.74) is 0.679. The molecule has 1 aliphatic rings. The Balaban J connectivity index is 2.43. The summed E-state index contributed by atoms with van der Waals surface area (Å²) >= 11 is 0. The van der Waals surface area contributed by atoms with Crippen molar-refractivity contribution < 1.29 is 18.7 Å². The molecule has 15 heavy (non-hydrogen) atoms. The molecule has 1 aromatic rings. The molecule has 0 fully saturated rings. The second kappa shape index (κ2) is 3.88. The molecule has 0 aromatic heterocycles. The Morgan fingerprint density at radius 2 is 2.00 bits per heavy atom. The van der Waals surface area contributed by atoms with Gasteiger partial charge in [-0.2, -0.15) is 0 Å². The zero-order valence-corrected chi connectivity index (χ0v) is 8.38. The van der Waals surface area contributed by atoms with E-state index in [0.717, 1.165) is 0 Å². The van der Waals surface area contributed by atoms with E-state index in [2.05, 4.69) is 0 Å². The molecule has 0 unspecified atom stereocenters. The van der Waals surface area contributed by atoms with Gasteiger partial charge in [0.05, 0.1) is 0 Å². The van der Waals surface area contributed by atoms with Crippen LogP contribution < -0.4 is 9.47 Å². The van der Waals surface area contributed by atoms with Crippen molar-refractivity contribution in [2.24, 2.45) is 0 Å². The Bertz CT molecular complexity index is 401. The van der Waals surface area contributed by atoms with Crippen LogP contribution in [0.15, 0.2) is 12.1 Å². The third-order valence-electron chi connectivity index (χ3n) is 2.16. The fourth-order valence-electron chi connectivity index (χ4n) is 1.57. The first-order chi connectivity index (χ1) is 7.18. The Morgan fingerprint density at radius 1 is 1.33 bits per heavy atom. The zero-order valence-electron chi connectivity index (χ0n) is 8.38. The molecule has 0 radical (unpaired) electrons. The number of Topliss-reactive ketones (excluding diaryl/α,β-unsaturated/α-hetero) is 1. The lowest BCUT2D eigenvalue weighted by Gasteiger charge is -2.21. The summed E-state index contributed by atoms with van der Waals surface area (Å²) in [7, 11) is 0. The van der Waals surface area contributed by atoms with E-state index in [9.17, 15) is 9.18 Å². The second-order valence-electron chi connectivity index (χ2n) is 3.44. The molecule has 2 rings (SSSR count). The van der Waals surface area contributed by atoms with Crippen LogP contribution in [0, 0.1) is 5.82 Å². The third-order valence-corrected chi connectivity index (χ3v) is 2.16. The quantitative estimate of drug-likeness (QED) is 0.745. The largest absolute Gasteiger partial charge is 0.486 e. The van der Waals surface area contributed by atoms with Gasteiger partial charge in [0.15, 0.2) is 17.3 Å². The van der Waals surface area contributed by atoms with Crippen LogP contribution >= 0.6 is 0 Å². The minimum atomic E-state index is -0.447. The average molecular weight is 210 g/mol. The molecule has 0 bridgehead atoms. The molecule has 0 amide bonds. The van der Waals surface area contributed by atoms with Crippen molar-refractivity contribution in [3.8, 4) is 11.5 Å². The van der Waals surface area contributed by atoms with E-state index >= 15 is 0 Å². The molecule has 0 saturated heterocycles. The molecule has 3 nitrogen and oxygen atoms in total. The van der Waals surface area contributed by atoms with Crippen LogP contribution in [0.25, 0.3) is 0 Å². The van der Waals surface area contributed by atoms with Gasteiger partial charge < -0.3 is 9.47 Å². The highest BCUT2D eigenvalue weighted by Crippen LogP contribution is 2.36. The van der Waals surface area contributed by atoms with Crippen molar-refractivity contribution in [3.63, 3.8) is 0 Å². The first-order valence-electron chi connectivity index (χ1n) is 4.75. The number of fused-ring (bicyclic) bond motifs is 1. The van der Waals surface area contributed by atoms with Crippen LogP contribution in [0.3, 0.4) is 0 Å². The summed E-state index contributed by atoms with van der Waals surface area (Å²) in [5.74, 6) is 0.0615. The summed E-state index contributed by atoms with van der Waals surface area (Å²) in [4.78, 5) is 11.0. The minimum absolute atomic E-state index is 0.0120. The highest BCUT2D eigenvalue weighted by atomic mass is 19.1. The Labute approximate surface area is 86.8 Å². The number of hydrogen-bond acceptors (Lipinski definition) is 3. The van der Waals surface area contributed by atoms with E-state index in [0.29, 0.717) is 24.5 Å². The van der Waals surface area contributed by atoms with Crippen molar-refractivity contribution in [1.82, 2.24) is 0 Å². The Hall–Kier alpha value is -1.58. The third kappa shape index (κ3) is 1.93. The molecule has 4 heteroatoms. The van der Waals surface area contributed by atoms with E-state index < -0.39 is 5.82 Å². The number of benzene rings is 1. The predicted molar refractivity (Wildman–Crippen MR) is 51.8 cm³/mol. The van der Waals surface area contributed by atoms with Crippen LogP contribution in [-0.4, -0.2) is 19.0 Å². The summed E-state index contributed by atoms with van der Waals surface area (Å²) in [5, 5.41) is 0. The van der Waals surface area contributed by atoms with Gasteiger partial charge in [-0.05, 0) is 13.0 Å². The van der Waals surface area contributed by atoms with Crippen molar-refractivity contribution in [3.05, 3.63) is 23.5 Å². The molecule has 1 aromatic carbocycles. The second-order valence-corrected chi connectivity index (χ2v) is 3.44. The number of carbonyl (C=O) groups is 1. The van der Waals surface area contributed by atoms with E-state index in [1.54, 1.807) is 6.07 Å². The maximum Gasteiger partial charge on any atom is 0.197 e. The smallest absolute Gasteiger partial charge is 0.197 e. The van der Waals surface area contributed by atoms with Crippen molar-refractivity contribution >= 4 is 5.78 Å². The standard InChI is InChI=1S/C11H11FO3/c1-7(13)6-8-2-3-9(12)11-10(8)14-4-5-15-11/h2-3H,4-6H2,1H3. The van der Waals surface area contributed by atoms with Crippen LogP contribution in [0.4, 0.5) is 4.39 Å². The highest BCUT2D eigenvalue weighted by Gasteiger charge is 2.20. The van der Waals surface area contributed by atoms with Crippen LogP contribution in [-0.2, 0) is 11.2 Å². The fraction of sp³-hybridized carbons (Fsp3) is 0.364. The number of ether oxygens (including phenoxy) is 2. The maximum absolute atomic E-state index is 13.3. The van der Waals surface area contributed by atoms with Crippen LogP contribution in [0.2, 0.25) is 0 Å². The van der Waals surface area contributed by atoms with Crippen molar-refractivity contribution in [2.75, 3.05) is 13.2 Å². The SMILES string of the molecule is CC(=O)Cc1ccc(F)c2c1OCCO2. The highest BCUT2D eigenvalue weighted by molar-refractivity contribution is 5.79. The minimum Gasteiger partial charge on any atom is -0.486 e. The number of carbonyl (C=O) groups excluding carboxylic acids is 1. The summed E-state index contributed by atoms with van der Waals surface area (Å²) in [6.07, 6.45) is 0.242. The van der Waals surface area contributed by atoms with Gasteiger partial charge in [-0.15, -0.1) is 0 Å². The molecule has 1 aliphatic heterocycles. The van der Waals surface area contributed by atoms with Gasteiger partial charge >= 0.3 is 0 Å². The van der Waals surface area contributed by atoms with Crippen LogP contribution in [0.5, 0.6) is 11.5 Å². The average Bonchev–Trinajstić information content (AvgIpc) is 2.22. The molecule has 0 aliphatic carbocycles. The lowest BCUT2D eigenvalue weighted by molar-refractivity contribution is -0.116. The van der Waals surface area contributed by atoms with Gasteiger partial charge in [0.1, 0.15) is 19.0 Å². The van der Waals surface area contributed by atoms with Crippen molar-refractivity contribution in [2.45, 2.75) is 13.3 Å². The number of hydrogen-bond donors (Lipinski definition) is 0. The van der Waals surface area contributed by atoms with Gasteiger partial charge in [0.2, 0.25) is 0 Å². The number of rotatable bonds is 2. The predicted octanol–water partition coefficient (Wildman–Crippen LogP) is 1.73. The molecule has 80 valence electrons. The van der Waals surface area contributed by atoms with Crippen molar-refractivity contribution in [1.29, 1.82) is 0 Å². The van der Waals surface area contributed by atoms with E-state index in [4.69, 9.17) is 9.47 Å². The molecular weight excluding hydrogens is 199 g/mol. The summed E-state index contributed by atoms with van der Waals surface area (Å²) in [6.45, 7) is 2.22. The normalized spacial score (nSPS) is 13.7. The lowest BCUT2D eigenvalue weighted by Crippen LogP contribution is -2.18. The molecule has 0 atom stereocenters. The number of ketones is 1. The fourth-order valence-corrected chi connectivity index (χ4v) is 1.57. The first kappa shape index (κ1) is 9.96. The summed E-state index contributed by atoms with van der Waals surface area (Å²) in [6, 6.07) is 2.86. The van der Waals surface area contributed by atoms with E-state index in [1.165, 1.54) is 13.0 Å². The molecule has 0 N–H and O–H groups in total. The first-order valence-corrected chi connectivity index (χ1v) is 4.75. The van der Waals surface area contributed by atoms with Gasteiger partial charge in [0, 0.05) is 12.0 Å². The van der Waals surface area contributed by atoms with Gasteiger partial charge in [-0.1, -0.05) is 6.07 Å². The van der Waals surface area contributed by atoms with Gasteiger partial charge in [0.25, 0.3) is 0 Å².